The van der Waals surface area contributed by atoms with Crippen molar-refractivity contribution < 1.29 is 8.42 Å². The maximum absolute atomic E-state index is 11.5. The molecule has 28 heavy (non-hydrogen) atoms. The Labute approximate surface area is 167 Å². The van der Waals surface area contributed by atoms with Crippen LogP contribution in [0.5, 0.6) is 0 Å². The van der Waals surface area contributed by atoms with Crippen molar-refractivity contribution in [3.8, 4) is 0 Å². The number of sulfonamides is 1. The van der Waals surface area contributed by atoms with Gasteiger partial charge in [0.25, 0.3) is 0 Å². The van der Waals surface area contributed by atoms with Crippen molar-refractivity contribution in [1.29, 1.82) is 0 Å². The van der Waals surface area contributed by atoms with E-state index < -0.39 is 10.0 Å². The predicted octanol–water partition coefficient (Wildman–Crippen LogP) is 2.36. The molecule has 0 aliphatic carbocycles. The monoisotopic (exact) mass is 400 g/mol. The van der Waals surface area contributed by atoms with Crippen molar-refractivity contribution >= 4 is 16.0 Å². The summed E-state index contributed by atoms with van der Waals surface area (Å²) in [5.74, 6) is 1.54. The third kappa shape index (κ3) is 5.56. The molecule has 7 heteroatoms. The summed E-state index contributed by atoms with van der Waals surface area (Å²) in [7, 11) is -1.91. The lowest BCUT2D eigenvalue weighted by Crippen LogP contribution is -2.45. The lowest BCUT2D eigenvalue weighted by Gasteiger charge is -2.34. The fourth-order valence-electron chi connectivity index (χ4n) is 3.64. The first-order valence-electron chi connectivity index (χ1n) is 9.57. The van der Waals surface area contributed by atoms with E-state index in [1.807, 2.05) is 6.07 Å². The molecule has 1 saturated heterocycles. The van der Waals surface area contributed by atoms with Crippen LogP contribution in [-0.4, -0.2) is 39.4 Å². The summed E-state index contributed by atoms with van der Waals surface area (Å²) in [5, 5.41) is 8.55. The second-order valence-corrected chi connectivity index (χ2v) is 8.77. The van der Waals surface area contributed by atoms with Gasteiger partial charge in [-0.25, -0.2) is 13.6 Å². The number of nitrogens with one attached hydrogen (secondary N) is 1. The fraction of sp³-hybridized carbons (Fsp3) is 0.381. The van der Waals surface area contributed by atoms with Gasteiger partial charge in [-0.2, -0.15) is 0 Å². The van der Waals surface area contributed by atoms with E-state index in [1.165, 1.54) is 11.6 Å². The quantitative estimate of drug-likeness (QED) is 0.596. The molecule has 0 unspecified atom stereocenters. The molecule has 2 aromatic rings. The largest absolute Gasteiger partial charge is 0.352 e. The van der Waals surface area contributed by atoms with E-state index in [-0.39, 0.29) is 4.90 Å². The molecule has 0 amide bonds. The summed E-state index contributed by atoms with van der Waals surface area (Å²) in [6, 6.07) is 17.3. The first kappa shape index (κ1) is 20.4. The normalized spacial score (nSPS) is 16.2. The minimum atomic E-state index is -3.69. The molecule has 1 aliphatic heterocycles. The molecule has 1 aliphatic rings. The lowest BCUT2D eigenvalue weighted by atomic mass is 9.90. The number of hydrogen-bond donors (Lipinski definition) is 2. The van der Waals surface area contributed by atoms with E-state index >= 15 is 0 Å². The third-order valence-electron chi connectivity index (χ3n) is 5.17. The molecule has 0 aromatic heterocycles. The first-order chi connectivity index (χ1) is 13.5. The smallest absolute Gasteiger partial charge is 0.238 e. The van der Waals surface area contributed by atoms with Crippen molar-refractivity contribution in [2.45, 2.75) is 30.7 Å². The summed E-state index contributed by atoms with van der Waals surface area (Å²) in [4.78, 5) is 6.79. The van der Waals surface area contributed by atoms with Crippen LogP contribution in [0.15, 0.2) is 64.5 Å². The van der Waals surface area contributed by atoms with Crippen molar-refractivity contribution in [2.75, 3.05) is 20.1 Å². The van der Waals surface area contributed by atoms with Crippen LogP contribution in [0.25, 0.3) is 0 Å². The van der Waals surface area contributed by atoms with Crippen LogP contribution in [0.1, 0.15) is 24.0 Å². The standard InChI is InChI=1S/C21H28N4O2S/c1-23-21(24-16-19-8-5-9-20(15-19)28(22,26)27)25-12-10-18(11-13-25)14-17-6-3-2-4-7-17/h2-9,15,18H,10-14,16H2,1H3,(H,23,24)(H2,22,26,27). The van der Waals surface area contributed by atoms with Gasteiger partial charge in [0.2, 0.25) is 10.0 Å². The lowest BCUT2D eigenvalue weighted by molar-refractivity contribution is 0.259. The van der Waals surface area contributed by atoms with E-state index in [0.717, 1.165) is 43.9 Å². The molecule has 3 N–H and O–H groups in total. The molecular weight excluding hydrogens is 372 g/mol. The Balaban J connectivity index is 1.53. The Bertz CT molecular complexity index is 905. The molecule has 0 radical (unpaired) electrons. The van der Waals surface area contributed by atoms with E-state index in [2.05, 4.69) is 45.5 Å². The van der Waals surface area contributed by atoms with Gasteiger partial charge in [0, 0.05) is 26.7 Å². The predicted molar refractivity (Wildman–Crippen MR) is 112 cm³/mol. The Morgan fingerprint density at radius 3 is 2.43 bits per heavy atom. The summed E-state index contributed by atoms with van der Waals surface area (Å²) in [6.07, 6.45) is 3.40. The zero-order valence-electron chi connectivity index (χ0n) is 16.2. The maximum Gasteiger partial charge on any atom is 0.238 e. The molecule has 0 atom stereocenters. The van der Waals surface area contributed by atoms with Crippen LogP contribution in [-0.2, 0) is 23.0 Å². The van der Waals surface area contributed by atoms with Crippen LogP contribution >= 0.6 is 0 Å². The highest BCUT2D eigenvalue weighted by Gasteiger charge is 2.21. The zero-order chi connectivity index (χ0) is 20.0. The Morgan fingerprint density at radius 2 is 1.79 bits per heavy atom. The van der Waals surface area contributed by atoms with E-state index in [9.17, 15) is 8.42 Å². The molecule has 6 nitrogen and oxygen atoms in total. The Kier molecular flexibility index (Phi) is 6.70. The van der Waals surface area contributed by atoms with Gasteiger partial charge in [-0.3, -0.25) is 4.99 Å². The highest BCUT2D eigenvalue weighted by Crippen LogP contribution is 2.21. The molecule has 150 valence electrons. The molecule has 3 rings (SSSR count). The minimum absolute atomic E-state index is 0.128. The van der Waals surface area contributed by atoms with Gasteiger partial charge in [-0.05, 0) is 48.4 Å². The first-order valence-corrected chi connectivity index (χ1v) is 11.1. The topological polar surface area (TPSA) is 87.8 Å². The van der Waals surface area contributed by atoms with E-state index in [4.69, 9.17) is 5.14 Å². The van der Waals surface area contributed by atoms with Gasteiger partial charge in [0.15, 0.2) is 5.96 Å². The third-order valence-corrected chi connectivity index (χ3v) is 6.08. The van der Waals surface area contributed by atoms with Gasteiger partial charge in [-0.1, -0.05) is 42.5 Å². The molecule has 0 bridgehead atoms. The number of rotatable bonds is 5. The number of guanidine groups is 1. The van der Waals surface area contributed by atoms with Crippen molar-refractivity contribution in [3.05, 3.63) is 65.7 Å². The molecule has 0 spiro atoms. The Morgan fingerprint density at radius 1 is 1.11 bits per heavy atom. The van der Waals surface area contributed by atoms with Gasteiger partial charge in [0.05, 0.1) is 4.90 Å². The van der Waals surface area contributed by atoms with Gasteiger partial charge >= 0.3 is 0 Å². The van der Waals surface area contributed by atoms with Crippen LogP contribution in [0, 0.1) is 5.92 Å². The molecule has 2 aromatic carbocycles. The minimum Gasteiger partial charge on any atom is -0.352 e. The summed E-state index contributed by atoms with van der Waals surface area (Å²) in [6.45, 7) is 2.43. The SMILES string of the molecule is CN=C(NCc1cccc(S(N)(=O)=O)c1)N1CCC(Cc2ccccc2)CC1. The summed E-state index contributed by atoms with van der Waals surface area (Å²) < 4.78 is 23.0. The number of nitrogens with two attached hydrogens (primary N) is 1. The molecular formula is C21H28N4O2S. The average Bonchev–Trinajstić information content (AvgIpc) is 2.70. The number of piperidine rings is 1. The van der Waals surface area contributed by atoms with Crippen LogP contribution in [0.4, 0.5) is 0 Å². The second kappa shape index (κ2) is 9.21. The number of benzene rings is 2. The number of primary sulfonamides is 1. The van der Waals surface area contributed by atoms with Gasteiger partial charge < -0.3 is 10.2 Å². The second-order valence-electron chi connectivity index (χ2n) is 7.21. The zero-order valence-corrected chi connectivity index (χ0v) is 17.0. The van der Waals surface area contributed by atoms with Crippen LogP contribution in [0.3, 0.4) is 0 Å². The van der Waals surface area contributed by atoms with Gasteiger partial charge in [0.1, 0.15) is 0 Å². The number of likely N-dealkylation sites (tertiary alicyclic amines) is 1. The fourth-order valence-corrected chi connectivity index (χ4v) is 4.23. The summed E-state index contributed by atoms with van der Waals surface area (Å²) >= 11 is 0. The van der Waals surface area contributed by atoms with E-state index in [1.54, 1.807) is 19.2 Å². The Hall–Kier alpha value is -2.38. The van der Waals surface area contributed by atoms with Crippen molar-refractivity contribution in [3.63, 3.8) is 0 Å². The number of nitrogens with zero attached hydrogens (tertiary/aromatic N) is 2. The highest BCUT2D eigenvalue weighted by molar-refractivity contribution is 7.89. The van der Waals surface area contributed by atoms with Crippen molar-refractivity contribution in [1.82, 2.24) is 10.2 Å². The molecule has 1 heterocycles. The maximum atomic E-state index is 11.5. The summed E-state index contributed by atoms with van der Waals surface area (Å²) in [5.41, 5.74) is 2.25. The highest BCUT2D eigenvalue weighted by atomic mass is 32.2. The van der Waals surface area contributed by atoms with E-state index in [0.29, 0.717) is 12.5 Å². The average molecular weight is 401 g/mol. The van der Waals surface area contributed by atoms with Crippen molar-refractivity contribution in [2.24, 2.45) is 16.0 Å². The molecule has 0 saturated carbocycles. The van der Waals surface area contributed by atoms with Crippen LogP contribution < -0.4 is 10.5 Å². The molecule has 1 fully saturated rings. The van der Waals surface area contributed by atoms with Crippen LogP contribution in [0.2, 0.25) is 0 Å². The number of aliphatic imine (C=N–C) groups is 1. The van der Waals surface area contributed by atoms with Gasteiger partial charge in [-0.15, -0.1) is 0 Å². The number of hydrogen-bond acceptors (Lipinski definition) is 3.